The van der Waals surface area contributed by atoms with Gasteiger partial charge >= 0.3 is 0 Å². The first-order valence-corrected chi connectivity index (χ1v) is 13.4. The molecule has 1 aromatic heterocycles. The molecule has 168 valence electrons. The fraction of sp³-hybridized carbons (Fsp3) is 0.476. The number of carbonyl (C=O) groups excluding carboxylic acids is 1. The second kappa shape index (κ2) is 10.8. The molecule has 1 heterocycles. The maximum absolute atomic E-state index is 13.2. The van der Waals surface area contributed by atoms with Gasteiger partial charge in [0.25, 0.3) is 0 Å². The Balaban J connectivity index is 1.81. The standard InChI is InChI=1S/C21H26ClN3O4S2/c1-31(28,29)18-7-6-15(11-17(18)22)16(10-14-4-2-3-5-14)21(27)25-19-12-24-20(13-23-19)30-9-8-26/h6-7,11-14,16,26H,2-5,8-10H2,1H3,(H,23,25,27). The number of aliphatic hydroxyl groups excluding tert-OH is 1. The second-order valence-electron chi connectivity index (χ2n) is 7.70. The third-order valence-corrected chi connectivity index (χ3v) is 7.81. The zero-order valence-electron chi connectivity index (χ0n) is 17.3. The smallest absolute Gasteiger partial charge is 0.233 e. The number of thioether (sulfide) groups is 1. The molecular formula is C21H26ClN3O4S2. The van der Waals surface area contributed by atoms with Gasteiger partial charge in [-0.2, -0.15) is 0 Å². The molecule has 0 saturated heterocycles. The molecule has 1 unspecified atom stereocenters. The van der Waals surface area contributed by atoms with Crippen LogP contribution in [0.4, 0.5) is 5.82 Å². The average molecular weight is 484 g/mol. The molecule has 1 fully saturated rings. The molecule has 1 atom stereocenters. The molecule has 1 aliphatic rings. The van der Waals surface area contributed by atoms with Crippen LogP contribution in [0.15, 0.2) is 40.5 Å². The summed E-state index contributed by atoms with van der Waals surface area (Å²) in [7, 11) is -3.45. The summed E-state index contributed by atoms with van der Waals surface area (Å²) in [6.45, 7) is 0.0500. The molecule has 2 N–H and O–H groups in total. The van der Waals surface area contributed by atoms with Crippen molar-refractivity contribution in [2.75, 3.05) is 23.9 Å². The van der Waals surface area contributed by atoms with Gasteiger partial charge in [-0.1, -0.05) is 43.4 Å². The number of halogens is 1. The zero-order valence-corrected chi connectivity index (χ0v) is 19.6. The number of aromatic nitrogens is 2. The normalized spacial score (nSPS) is 15.7. The van der Waals surface area contributed by atoms with Gasteiger partial charge in [-0.3, -0.25) is 4.79 Å². The van der Waals surface area contributed by atoms with Crippen LogP contribution in [0.1, 0.15) is 43.6 Å². The molecule has 3 rings (SSSR count). The van der Waals surface area contributed by atoms with E-state index in [1.54, 1.807) is 18.3 Å². The van der Waals surface area contributed by atoms with Crippen molar-refractivity contribution in [1.82, 2.24) is 9.97 Å². The van der Waals surface area contributed by atoms with Gasteiger partial charge in [0.05, 0.1) is 34.8 Å². The monoisotopic (exact) mass is 483 g/mol. The molecule has 1 saturated carbocycles. The number of aliphatic hydroxyl groups is 1. The first kappa shape index (κ1) is 24.0. The number of hydrogen-bond acceptors (Lipinski definition) is 7. The van der Waals surface area contributed by atoms with E-state index in [4.69, 9.17) is 16.7 Å². The molecule has 0 spiro atoms. The van der Waals surface area contributed by atoms with E-state index in [0.717, 1.165) is 31.9 Å². The van der Waals surface area contributed by atoms with Crippen molar-refractivity contribution in [3.63, 3.8) is 0 Å². The number of rotatable bonds is 9. The molecule has 7 nitrogen and oxygen atoms in total. The van der Waals surface area contributed by atoms with Gasteiger partial charge in [-0.05, 0) is 30.0 Å². The maximum Gasteiger partial charge on any atom is 0.233 e. The highest BCUT2D eigenvalue weighted by Crippen LogP contribution is 2.36. The Kier molecular flexibility index (Phi) is 8.32. The number of hydrogen-bond donors (Lipinski definition) is 2. The lowest BCUT2D eigenvalue weighted by Gasteiger charge is -2.21. The van der Waals surface area contributed by atoms with Gasteiger partial charge in [0.2, 0.25) is 5.91 Å². The fourth-order valence-electron chi connectivity index (χ4n) is 3.83. The van der Waals surface area contributed by atoms with E-state index in [2.05, 4.69) is 15.3 Å². The number of nitrogens with zero attached hydrogens (tertiary/aromatic N) is 2. The number of anilines is 1. The predicted octanol–water partition coefficient (Wildman–Crippen LogP) is 3.92. The number of carbonyl (C=O) groups is 1. The lowest BCUT2D eigenvalue weighted by Crippen LogP contribution is -2.24. The zero-order chi connectivity index (χ0) is 22.4. The van der Waals surface area contributed by atoms with Crippen LogP contribution in [0.3, 0.4) is 0 Å². The lowest BCUT2D eigenvalue weighted by molar-refractivity contribution is -0.118. The molecule has 2 aromatic rings. The predicted molar refractivity (Wildman–Crippen MR) is 122 cm³/mol. The summed E-state index contributed by atoms with van der Waals surface area (Å²) < 4.78 is 23.8. The average Bonchev–Trinajstić information content (AvgIpc) is 3.23. The van der Waals surface area contributed by atoms with E-state index in [1.165, 1.54) is 24.0 Å². The topological polar surface area (TPSA) is 109 Å². The Morgan fingerprint density at radius 3 is 2.61 bits per heavy atom. The molecular weight excluding hydrogens is 458 g/mol. The largest absolute Gasteiger partial charge is 0.396 e. The minimum atomic E-state index is -3.45. The van der Waals surface area contributed by atoms with E-state index >= 15 is 0 Å². The number of sulfone groups is 1. The number of amides is 1. The molecule has 0 radical (unpaired) electrons. The van der Waals surface area contributed by atoms with E-state index in [1.807, 2.05) is 0 Å². The van der Waals surface area contributed by atoms with Gasteiger partial charge in [0, 0.05) is 12.0 Å². The minimum absolute atomic E-state index is 0.0500. The van der Waals surface area contributed by atoms with Crippen molar-refractivity contribution in [3.05, 3.63) is 41.2 Å². The van der Waals surface area contributed by atoms with Crippen molar-refractivity contribution in [2.45, 2.75) is 47.9 Å². The fourth-order valence-corrected chi connectivity index (χ4v) is 5.72. The molecule has 1 amide bonds. The Labute approximate surface area is 191 Å². The molecule has 1 aliphatic carbocycles. The summed E-state index contributed by atoms with van der Waals surface area (Å²) in [5, 5.41) is 12.5. The van der Waals surface area contributed by atoms with E-state index in [0.29, 0.717) is 34.5 Å². The summed E-state index contributed by atoms with van der Waals surface area (Å²) in [6.07, 6.45) is 9.29. The first-order valence-electron chi connectivity index (χ1n) is 10.1. The van der Waals surface area contributed by atoms with Crippen LogP contribution in [0, 0.1) is 5.92 Å². The van der Waals surface area contributed by atoms with Crippen molar-refractivity contribution >= 4 is 44.9 Å². The van der Waals surface area contributed by atoms with Crippen LogP contribution >= 0.6 is 23.4 Å². The molecule has 1 aromatic carbocycles. The van der Waals surface area contributed by atoms with Crippen LogP contribution in [-0.4, -0.2) is 48.0 Å². The van der Waals surface area contributed by atoms with Crippen LogP contribution < -0.4 is 5.32 Å². The van der Waals surface area contributed by atoms with Gasteiger partial charge in [-0.15, -0.1) is 11.8 Å². The number of benzene rings is 1. The molecule has 0 bridgehead atoms. The summed E-state index contributed by atoms with van der Waals surface area (Å²) in [6, 6.07) is 4.72. The number of nitrogens with one attached hydrogen (secondary N) is 1. The molecule has 0 aliphatic heterocycles. The summed E-state index contributed by atoms with van der Waals surface area (Å²) in [5.41, 5.74) is 0.685. The van der Waals surface area contributed by atoms with Crippen LogP contribution in [0.25, 0.3) is 0 Å². The van der Waals surface area contributed by atoms with Crippen molar-refractivity contribution in [1.29, 1.82) is 0 Å². The Morgan fingerprint density at radius 1 is 1.29 bits per heavy atom. The SMILES string of the molecule is CS(=O)(=O)c1ccc(C(CC2CCCC2)C(=O)Nc2cnc(SCCO)cn2)cc1Cl. The Hall–Kier alpha value is -1.68. The van der Waals surface area contributed by atoms with E-state index in [-0.39, 0.29) is 22.4 Å². The van der Waals surface area contributed by atoms with Crippen LogP contribution in [0.2, 0.25) is 5.02 Å². The van der Waals surface area contributed by atoms with Crippen molar-refractivity contribution < 1.29 is 18.3 Å². The highest BCUT2D eigenvalue weighted by Gasteiger charge is 2.28. The second-order valence-corrected chi connectivity index (χ2v) is 11.2. The molecule has 31 heavy (non-hydrogen) atoms. The van der Waals surface area contributed by atoms with Crippen LogP contribution in [-0.2, 0) is 14.6 Å². The Morgan fingerprint density at radius 2 is 2.03 bits per heavy atom. The highest BCUT2D eigenvalue weighted by molar-refractivity contribution is 7.99. The van der Waals surface area contributed by atoms with Gasteiger partial charge < -0.3 is 10.4 Å². The Bertz CT molecular complexity index is 1010. The third-order valence-electron chi connectivity index (χ3n) is 5.34. The van der Waals surface area contributed by atoms with Crippen molar-refractivity contribution in [3.8, 4) is 0 Å². The summed E-state index contributed by atoms with van der Waals surface area (Å²) >= 11 is 7.62. The van der Waals surface area contributed by atoms with E-state index < -0.39 is 15.8 Å². The lowest BCUT2D eigenvalue weighted by atomic mass is 9.87. The van der Waals surface area contributed by atoms with Crippen molar-refractivity contribution in [2.24, 2.45) is 5.92 Å². The van der Waals surface area contributed by atoms with Gasteiger partial charge in [0.1, 0.15) is 5.03 Å². The van der Waals surface area contributed by atoms with Gasteiger partial charge in [-0.25, -0.2) is 18.4 Å². The van der Waals surface area contributed by atoms with Gasteiger partial charge in [0.15, 0.2) is 15.7 Å². The first-order chi connectivity index (χ1) is 14.8. The third kappa shape index (κ3) is 6.65. The van der Waals surface area contributed by atoms with E-state index in [9.17, 15) is 13.2 Å². The minimum Gasteiger partial charge on any atom is -0.396 e. The summed E-state index contributed by atoms with van der Waals surface area (Å²) in [4.78, 5) is 21.7. The quantitative estimate of drug-likeness (QED) is 0.520. The maximum atomic E-state index is 13.2. The summed E-state index contributed by atoms with van der Waals surface area (Å²) in [5.74, 6) is 0.606. The van der Waals surface area contributed by atoms with Crippen LogP contribution in [0.5, 0.6) is 0 Å². The molecule has 10 heteroatoms. The highest BCUT2D eigenvalue weighted by atomic mass is 35.5.